The quantitative estimate of drug-likeness (QED) is 0.212. The van der Waals surface area contributed by atoms with Gasteiger partial charge >= 0.3 is 5.69 Å². The minimum absolute atomic E-state index is 0.0479. The number of hydrogen-bond acceptors (Lipinski definition) is 8. The Kier molecular flexibility index (Phi) is 9.79. The first-order valence-corrected chi connectivity index (χ1v) is 10.2. The Balaban J connectivity index is 1.83. The smallest absolute Gasteiger partial charge is 0.342 e. The highest BCUT2D eigenvalue weighted by Gasteiger charge is 2.07. The van der Waals surface area contributed by atoms with Crippen LogP contribution in [0.5, 0.6) is 11.5 Å². The summed E-state index contributed by atoms with van der Waals surface area (Å²) < 4.78 is 11.4. The normalized spacial score (nSPS) is 10.8. The van der Waals surface area contributed by atoms with Gasteiger partial charge in [0.1, 0.15) is 0 Å². The largest absolute Gasteiger partial charge is 0.490 e. The first kappa shape index (κ1) is 23.6. The number of H-pyrrole nitrogens is 2. The number of rotatable bonds is 13. The topological polar surface area (TPSA) is 151 Å². The van der Waals surface area contributed by atoms with Crippen molar-refractivity contribution in [2.75, 3.05) is 25.1 Å². The van der Waals surface area contributed by atoms with Crippen molar-refractivity contribution in [2.24, 2.45) is 5.10 Å². The summed E-state index contributed by atoms with van der Waals surface area (Å²) in [6.07, 6.45) is 4.77. The number of aromatic amines is 2. The summed E-state index contributed by atoms with van der Waals surface area (Å²) in [6, 6.07) is 5.44. The van der Waals surface area contributed by atoms with Crippen molar-refractivity contribution >= 4 is 17.9 Å². The van der Waals surface area contributed by atoms with E-state index in [1.54, 1.807) is 6.07 Å². The summed E-state index contributed by atoms with van der Waals surface area (Å²) >= 11 is 0. The van der Waals surface area contributed by atoms with Crippen molar-refractivity contribution < 1.29 is 14.3 Å². The highest BCUT2D eigenvalue weighted by Crippen LogP contribution is 2.28. The fourth-order valence-electron chi connectivity index (χ4n) is 2.52. The zero-order chi connectivity index (χ0) is 22.5. The van der Waals surface area contributed by atoms with Gasteiger partial charge in [0.15, 0.2) is 11.5 Å². The third kappa shape index (κ3) is 8.33. The predicted octanol–water partition coefficient (Wildman–Crippen LogP) is 1.38. The van der Waals surface area contributed by atoms with Gasteiger partial charge in [0.05, 0.1) is 19.4 Å². The molecule has 168 valence electrons. The second-order valence-corrected chi connectivity index (χ2v) is 6.52. The molecule has 0 saturated heterocycles. The molecule has 0 radical (unpaired) electrons. The minimum atomic E-state index is -0.703. The van der Waals surface area contributed by atoms with Crippen LogP contribution in [0.25, 0.3) is 0 Å². The van der Waals surface area contributed by atoms with Gasteiger partial charge in [0.2, 0.25) is 11.7 Å². The molecule has 2 rings (SSSR count). The average Bonchev–Trinajstić information content (AvgIpc) is 2.74. The van der Waals surface area contributed by atoms with Crippen LogP contribution in [0.3, 0.4) is 0 Å². The number of nitrogens with one attached hydrogen (secondary N) is 4. The van der Waals surface area contributed by atoms with E-state index < -0.39 is 11.2 Å². The molecule has 0 bridgehead atoms. The number of ether oxygens (including phenoxy) is 2. The van der Waals surface area contributed by atoms with Crippen LogP contribution in [0.15, 0.2) is 32.9 Å². The highest BCUT2D eigenvalue weighted by atomic mass is 16.5. The fourth-order valence-corrected chi connectivity index (χ4v) is 2.52. The molecule has 1 heterocycles. The Bertz CT molecular complexity index is 985. The molecule has 11 heteroatoms. The molecule has 2 aromatic rings. The van der Waals surface area contributed by atoms with E-state index in [2.05, 4.69) is 33.0 Å². The number of carbonyl (C=O) groups excluding carboxylic acids is 1. The van der Waals surface area contributed by atoms with Gasteiger partial charge in [0.25, 0.3) is 5.56 Å². The molecule has 0 aliphatic rings. The van der Waals surface area contributed by atoms with E-state index >= 15 is 0 Å². The van der Waals surface area contributed by atoms with Gasteiger partial charge in [-0.3, -0.25) is 14.6 Å². The zero-order valence-electron chi connectivity index (χ0n) is 17.7. The SMILES string of the molecule is CCCCCOc1ccc(/C=N/NC(=O)CCNc2n[nH]c(=O)[nH]c2=O)cc1OCC. The monoisotopic (exact) mass is 432 g/mol. The molecule has 1 aromatic heterocycles. The second kappa shape index (κ2) is 12.8. The van der Waals surface area contributed by atoms with Crippen LogP contribution in [0.1, 0.15) is 45.1 Å². The first-order valence-electron chi connectivity index (χ1n) is 10.2. The zero-order valence-corrected chi connectivity index (χ0v) is 17.7. The van der Waals surface area contributed by atoms with Gasteiger partial charge in [-0.25, -0.2) is 15.3 Å². The molecule has 1 aromatic carbocycles. The first-order chi connectivity index (χ1) is 15.0. The molecule has 1 amide bonds. The van der Waals surface area contributed by atoms with E-state index in [9.17, 15) is 14.4 Å². The molecule has 31 heavy (non-hydrogen) atoms. The summed E-state index contributed by atoms with van der Waals surface area (Å²) in [5.41, 5.74) is 1.79. The van der Waals surface area contributed by atoms with E-state index in [-0.39, 0.29) is 24.7 Å². The lowest BCUT2D eigenvalue weighted by molar-refractivity contribution is -0.120. The molecular formula is C20H28N6O5. The molecule has 0 spiro atoms. The summed E-state index contributed by atoms with van der Waals surface area (Å²) in [6.45, 7) is 5.31. The van der Waals surface area contributed by atoms with Crippen molar-refractivity contribution in [3.63, 3.8) is 0 Å². The molecule has 0 aliphatic carbocycles. The Labute approximate surface area is 179 Å². The number of benzene rings is 1. The summed E-state index contributed by atoms with van der Waals surface area (Å²) in [5, 5.41) is 12.3. The van der Waals surface area contributed by atoms with Gasteiger partial charge in [-0.2, -0.15) is 5.10 Å². The van der Waals surface area contributed by atoms with Crippen LogP contribution < -0.4 is 31.5 Å². The van der Waals surface area contributed by atoms with Crippen LogP contribution in [0, 0.1) is 0 Å². The number of aromatic nitrogens is 3. The molecule has 0 fully saturated rings. The Morgan fingerprint density at radius 3 is 2.77 bits per heavy atom. The van der Waals surface area contributed by atoms with Gasteiger partial charge in [-0.15, -0.1) is 5.10 Å². The number of carbonyl (C=O) groups is 1. The van der Waals surface area contributed by atoms with Crippen molar-refractivity contribution in [1.82, 2.24) is 20.6 Å². The van der Waals surface area contributed by atoms with E-state index in [0.717, 1.165) is 24.8 Å². The molecule has 0 aliphatic heterocycles. The number of nitrogens with zero attached hydrogens (tertiary/aromatic N) is 2. The lowest BCUT2D eigenvalue weighted by atomic mass is 10.2. The predicted molar refractivity (Wildman–Crippen MR) is 117 cm³/mol. The summed E-state index contributed by atoms with van der Waals surface area (Å²) in [5.74, 6) is 0.870. The number of anilines is 1. The van der Waals surface area contributed by atoms with E-state index in [1.165, 1.54) is 6.21 Å². The van der Waals surface area contributed by atoms with Crippen molar-refractivity contribution in [3.05, 3.63) is 44.6 Å². The van der Waals surface area contributed by atoms with Crippen LogP contribution in [0.2, 0.25) is 0 Å². The second-order valence-electron chi connectivity index (χ2n) is 6.52. The standard InChI is InChI=1S/C20H28N6O5/c1-3-5-6-11-31-15-8-7-14(12-16(15)30-4-2)13-22-24-17(27)9-10-21-18-19(28)23-20(29)26-25-18/h7-8,12-13H,3-6,9-11H2,1-2H3,(H,21,25)(H,24,27)(H2,23,26,28,29)/b22-13+. The third-order valence-electron chi connectivity index (χ3n) is 4.03. The lowest BCUT2D eigenvalue weighted by Crippen LogP contribution is -2.28. The molecule has 4 N–H and O–H groups in total. The number of hydrazone groups is 1. The van der Waals surface area contributed by atoms with Crippen LogP contribution in [0.4, 0.5) is 5.82 Å². The van der Waals surface area contributed by atoms with Crippen molar-refractivity contribution in [2.45, 2.75) is 39.5 Å². The maximum atomic E-state index is 11.9. The third-order valence-corrected chi connectivity index (χ3v) is 4.03. The van der Waals surface area contributed by atoms with Crippen molar-refractivity contribution in [3.8, 4) is 11.5 Å². The maximum Gasteiger partial charge on any atom is 0.342 e. The number of unbranched alkanes of at least 4 members (excludes halogenated alkanes) is 2. The van der Waals surface area contributed by atoms with Crippen molar-refractivity contribution in [1.29, 1.82) is 0 Å². The Morgan fingerprint density at radius 2 is 2.03 bits per heavy atom. The average molecular weight is 432 g/mol. The van der Waals surface area contributed by atoms with Gasteiger partial charge < -0.3 is 14.8 Å². The van der Waals surface area contributed by atoms with E-state index in [4.69, 9.17) is 9.47 Å². The van der Waals surface area contributed by atoms with E-state index in [0.29, 0.717) is 24.7 Å². The minimum Gasteiger partial charge on any atom is -0.490 e. The fraction of sp³-hybridized carbons (Fsp3) is 0.450. The van der Waals surface area contributed by atoms with Gasteiger partial charge in [-0.1, -0.05) is 19.8 Å². The van der Waals surface area contributed by atoms with Gasteiger partial charge in [-0.05, 0) is 37.1 Å². The van der Waals surface area contributed by atoms with E-state index in [1.807, 2.05) is 24.0 Å². The van der Waals surface area contributed by atoms with Crippen LogP contribution in [-0.4, -0.2) is 47.1 Å². The molecule has 11 nitrogen and oxygen atoms in total. The number of hydrogen-bond donors (Lipinski definition) is 4. The van der Waals surface area contributed by atoms with Gasteiger partial charge in [0, 0.05) is 13.0 Å². The lowest BCUT2D eigenvalue weighted by Gasteiger charge is -2.12. The van der Waals surface area contributed by atoms with Crippen LogP contribution >= 0.6 is 0 Å². The molecule has 0 unspecified atom stereocenters. The summed E-state index contributed by atoms with van der Waals surface area (Å²) in [7, 11) is 0. The van der Waals surface area contributed by atoms with Crippen LogP contribution in [-0.2, 0) is 4.79 Å². The molecular weight excluding hydrogens is 404 g/mol. The highest BCUT2D eigenvalue weighted by molar-refractivity contribution is 5.83. The number of amides is 1. The Hall–Kier alpha value is -3.63. The Morgan fingerprint density at radius 1 is 1.19 bits per heavy atom. The molecule has 0 atom stereocenters. The maximum absolute atomic E-state index is 11.9. The molecule has 0 saturated carbocycles. The summed E-state index contributed by atoms with van der Waals surface area (Å²) in [4.78, 5) is 36.3.